The Morgan fingerprint density at radius 2 is 1.76 bits per heavy atom. The molecule has 5 rings (SSSR count). The van der Waals surface area contributed by atoms with Crippen LogP contribution in [0.2, 0.25) is 0 Å². The van der Waals surface area contributed by atoms with Crippen molar-refractivity contribution >= 4 is 26.7 Å². The van der Waals surface area contributed by atoms with Crippen molar-refractivity contribution in [3.63, 3.8) is 0 Å². The van der Waals surface area contributed by atoms with Gasteiger partial charge >= 0.3 is 0 Å². The summed E-state index contributed by atoms with van der Waals surface area (Å²) in [6.45, 7) is 5.43. The molecule has 1 N–H and O–H groups in total. The largest absolute Gasteiger partial charge is 0.365 e. The summed E-state index contributed by atoms with van der Waals surface area (Å²) in [6, 6.07) is 7.79. The Morgan fingerprint density at radius 3 is 2.46 bits per heavy atom. The van der Waals surface area contributed by atoms with E-state index in [2.05, 4.69) is 22.2 Å². The molecule has 37 heavy (non-hydrogen) atoms. The molecule has 4 aromatic rings. The van der Waals surface area contributed by atoms with Crippen LogP contribution in [0.25, 0.3) is 22.3 Å². The molecule has 1 aliphatic carbocycles. The number of aromatic nitrogens is 3. The van der Waals surface area contributed by atoms with Crippen molar-refractivity contribution in [2.75, 3.05) is 5.32 Å². The number of anilines is 1. The highest BCUT2D eigenvalue weighted by Crippen LogP contribution is 2.35. The van der Waals surface area contributed by atoms with Gasteiger partial charge in [0.1, 0.15) is 11.3 Å². The van der Waals surface area contributed by atoms with Crippen molar-refractivity contribution in [2.24, 2.45) is 5.92 Å². The van der Waals surface area contributed by atoms with Crippen molar-refractivity contribution in [1.82, 2.24) is 13.9 Å². The Labute approximate surface area is 213 Å². The number of nitrogens with zero attached hydrogens (tertiary/aromatic N) is 3. The Morgan fingerprint density at radius 1 is 1.03 bits per heavy atom. The van der Waals surface area contributed by atoms with Crippen molar-refractivity contribution < 1.29 is 21.6 Å². The van der Waals surface area contributed by atoms with Crippen LogP contribution in [0.3, 0.4) is 0 Å². The van der Waals surface area contributed by atoms with E-state index in [-0.39, 0.29) is 44.7 Å². The van der Waals surface area contributed by atoms with Gasteiger partial charge in [-0.05, 0) is 50.8 Å². The molecule has 2 aromatic carbocycles. The molecule has 2 heterocycles. The smallest absolute Gasteiger partial charge is 0.268 e. The maximum Gasteiger partial charge on any atom is 0.268 e. The number of halogens is 3. The number of nitrogens with one attached hydrogen (secondary N) is 1. The van der Waals surface area contributed by atoms with E-state index < -0.39 is 27.5 Å². The van der Waals surface area contributed by atoms with Crippen LogP contribution in [0.15, 0.2) is 47.5 Å². The number of rotatable bonds is 5. The minimum Gasteiger partial charge on any atom is -0.365 e. The monoisotopic (exact) mass is 528 g/mol. The third kappa shape index (κ3) is 4.70. The minimum atomic E-state index is -4.25. The van der Waals surface area contributed by atoms with Gasteiger partial charge in [-0.3, -0.25) is 0 Å². The zero-order valence-electron chi connectivity index (χ0n) is 20.7. The van der Waals surface area contributed by atoms with Gasteiger partial charge in [0.2, 0.25) is 0 Å². The number of benzene rings is 2. The summed E-state index contributed by atoms with van der Waals surface area (Å²) in [7, 11) is -4.25. The lowest BCUT2D eigenvalue weighted by Gasteiger charge is -2.28. The van der Waals surface area contributed by atoms with Gasteiger partial charge < -0.3 is 5.32 Å². The van der Waals surface area contributed by atoms with E-state index in [9.17, 15) is 12.8 Å². The van der Waals surface area contributed by atoms with Crippen LogP contribution in [0.5, 0.6) is 0 Å². The SMILES string of the molecule is Cc1ccc(S(=O)(=O)n2cc(-c3nc(C)c(F)c(N[C@H]4CCC[C@@H](C)C4)n3)c3cc(F)cc(F)c32)cc1. The number of fused-ring (bicyclic) bond motifs is 1. The molecule has 0 radical (unpaired) electrons. The Balaban J connectivity index is 1.68. The van der Waals surface area contributed by atoms with Crippen molar-refractivity contribution in [2.45, 2.75) is 57.4 Å². The van der Waals surface area contributed by atoms with Crippen LogP contribution in [0.4, 0.5) is 19.0 Å². The van der Waals surface area contributed by atoms with Gasteiger partial charge in [0, 0.05) is 29.3 Å². The molecule has 6 nitrogen and oxygen atoms in total. The lowest BCUT2D eigenvalue weighted by Crippen LogP contribution is -2.27. The van der Waals surface area contributed by atoms with Crippen LogP contribution in [-0.4, -0.2) is 28.4 Å². The standard InChI is InChI=1S/C27H27F3N4O2S/c1-15-7-9-20(10-8-15)37(35,36)34-14-22(21-12-18(28)13-23(29)25(21)34)26-31-17(3)24(30)27(33-26)32-19-6-4-5-16(2)11-19/h7-10,12-14,16,19H,4-6,11H2,1-3H3,(H,31,32,33)/t16-,19+/m1/s1. The van der Waals surface area contributed by atoms with Gasteiger partial charge in [-0.15, -0.1) is 0 Å². The fraction of sp³-hybridized carbons (Fsp3) is 0.333. The summed E-state index contributed by atoms with van der Waals surface area (Å²) in [4.78, 5) is 8.52. The summed E-state index contributed by atoms with van der Waals surface area (Å²) >= 11 is 0. The van der Waals surface area contributed by atoms with Crippen LogP contribution in [0, 0.1) is 37.2 Å². The molecule has 1 fully saturated rings. The number of hydrogen-bond donors (Lipinski definition) is 1. The van der Waals surface area contributed by atoms with Gasteiger partial charge in [-0.25, -0.2) is 35.5 Å². The van der Waals surface area contributed by atoms with Crippen molar-refractivity contribution in [3.05, 3.63) is 71.3 Å². The minimum absolute atomic E-state index is 0.0132. The van der Waals surface area contributed by atoms with Gasteiger partial charge in [0.15, 0.2) is 23.3 Å². The molecule has 0 amide bonds. The maximum atomic E-state index is 15.1. The van der Waals surface area contributed by atoms with Gasteiger partial charge in [-0.1, -0.05) is 37.5 Å². The predicted molar refractivity (Wildman–Crippen MR) is 136 cm³/mol. The summed E-state index contributed by atoms with van der Waals surface area (Å²) in [5.41, 5.74) is 0.633. The summed E-state index contributed by atoms with van der Waals surface area (Å²) in [5, 5.41) is 3.14. The van der Waals surface area contributed by atoms with Gasteiger partial charge in [0.05, 0.1) is 10.6 Å². The first-order valence-electron chi connectivity index (χ1n) is 12.2. The molecule has 0 saturated heterocycles. The molecular weight excluding hydrogens is 501 g/mol. The predicted octanol–water partition coefficient (Wildman–Crippen LogP) is 6.36. The Kier molecular flexibility index (Phi) is 6.47. The third-order valence-electron chi connectivity index (χ3n) is 6.90. The summed E-state index contributed by atoms with van der Waals surface area (Å²) < 4.78 is 72.2. The average Bonchev–Trinajstić information content (AvgIpc) is 3.23. The van der Waals surface area contributed by atoms with E-state index in [1.807, 2.05) is 6.92 Å². The maximum absolute atomic E-state index is 15.1. The Bertz CT molecular complexity index is 1600. The second kappa shape index (κ2) is 9.48. The molecule has 194 valence electrons. The van der Waals surface area contributed by atoms with Crippen LogP contribution in [-0.2, 0) is 10.0 Å². The first kappa shape index (κ1) is 25.3. The van der Waals surface area contributed by atoms with E-state index in [0.717, 1.165) is 41.3 Å². The molecule has 0 spiro atoms. The second-order valence-corrected chi connectivity index (χ2v) is 11.7. The average molecular weight is 529 g/mol. The van der Waals surface area contributed by atoms with Crippen molar-refractivity contribution in [1.29, 1.82) is 0 Å². The fourth-order valence-corrected chi connectivity index (χ4v) is 6.35. The first-order chi connectivity index (χ1) is 17.5. The quantitative estimate of drug-likeness (QED) is 0.326. The van der Waals surface area contributed by atoms with Gasteiger partial charge in [0.25, 0.3) is 10.0 Å². The molecule has 1 saturated carbocycles. The first-order valence-corrected chi connectivity index (χ1v) is 13.6. The number of aryl methyl sites for hydroxylation is 2. The highest BCUT2D eigenvalue weighted by atomic mass is 32.2. The lowest BCUT2D eigenvalue weighted by molar-refractivity contribution is 0.357. The molecule has 0 unspecified atom stereocenters. The lowest BCUT2D eigenvalue weighted by atomic mass is 9.87. The van der Waals surface area contributed by atoms with E-state index in [0.29, 0.717) is 12.0 Å². The highest BCUT2D eigenvalue weighted by molar-refractivity contribution is 7.90. The van der Waals surface area contributed by atoms with Gasteiger partial charge in [-0.2, -0.15) is 0 Å². The highest BCUT2D eigenvalue weighted by Gasteiger charge is 2.27. The molecule has 10 heteroatoms. The normalized spacial score (nSPS) is 18.3. The van der Waals surface area contributed by atoms with Crippen LogP contribution in [0.1, 0.15) is 43.9 Å². The zero-order chi connectivity index (χ0) is 26.5. The molecule has 0 aliphatic heterocycles. The summed E-state index contributed by atoms with van der Waals surface area (Å²) in [5.74, 6) is -2.10. The third-order valence-corrected chi connectivity index (χ3v) is 8.57. The van der Waals surface area contributed by atoms with E-state index in [4.69, 9.17) is 0 Å². The number of hydrogen-bond acceptors (Lipinski definition) is 5. The van der Waals surface area contributed by atoms with E-state index in [1.165, 1.54) is 25.3 Å². The topological polar surface area (TPSA) is 76.9 Å². The zero-order valence-corrected chi connectivity index (χ0v) is 21.5. The molecule has 1 aliphatic rings. The van der Waals surface area contributed by atoms with Crippen LogP contribution < -0.4 is 5.32 Å². The van der Waals surface area contributed by atoms with Crippen LogP contribution >= 0.6 is 0 Å². The van der Waals surface area contributed by atoms with E-state index in [1.54, 1.807) is 12.1 Å². The molecule has 2 aromatic heterocycles. The molecule has 0 bridgehead atoms. The Hall–Kier alpha value is -3.40. The second-order valence-electron chi connectivity index (χ2n) is 9.85. The van der Waals surface area contributed by atoms with Crippen molar-refractivity contribution in [3.8, 4) is 11.4 Å². The fourth-order valence-electron chi connectivity index (χ4n) is 4.97. The molecule has 2 atom stereocenters. The summed E-state index contributed by atoms with van der Waals surface area (Å²) in [6.07, 6.45) is 5.03. The van der Waals surface area contributed by atoms with E-state index >= 15 is 8.78 Å². The molecular formula is C27H27F3N4O2S.